The van der Waals surface area contributed by atoms with E-state index in [2.05, 4.69) is 11.4 Å². The van der Waals surface area contributed by atoms with Gasteiger partial charge in [-0.3, -0.25) is 9.36 Å². The average Bonchev–Trinajstić information content (AvgIpc) is 3.57. The topological polar surface area (TPSA) is 144 Å². The third kappa shape index (κ3) is 4.45. The Morgan fingerprint density at radius 1 is 1.25 bits per heavy atom. The quantitative estimate of drug-likeness (QED) is 0.559. The highest BCUT2D eigenvalue weighted by molar-refractivity contribution is 5.84. The molecule has 2 unspecified atom stereocenters. The molecule has 2 aromatic carbocycles. The highest BCUT2D eigenvalue weighted by atomic mass is 16.5. The molecule has 1 spiro atoms. The maximum Gasteiger partial charge on any atom is 0.419 e. The largest absolute Gasteiger partial charge is 0.419 e. The molecule has 0 radical (unpaired) electrons. The van der Waals surface area contributed by atoms with E-state index in [0.29, 0.717) is 50.2 Å². The zero-order valence-electron chi connectivity index (χ0n) is 19.9. The molecule has 2 heterocycles. The maximum absolute atomic E-state index is 12.9. The molecular weight excluding hydrogens is 462 g/mol. The maximum atomic E-state index is 12.9. The van der Waals surface area contributed by atoms with Crippen molar-refractivity contribution in [1.29, 1.82) is 5.26 Å². The number of hydrogen-bond donors (Lipinski definition) is 2. The monoisotopic (exact) mass is 489 g/mol. The number of aryl methyl sites for hydroxylation is 1. The third-order valence-electron chi connectivity index (χ3n) is 7.21. The Morgan fingerprint density at radius 2 is 2.00 bits per heavy atom. The molecule has 1 saturated carbocycles. The van der Waals surface area contributed by atoms with Crippen molar-refractivity contribution >= 4 is 23.0 Å². The summed E-state index contributed by atoms with van der Waals surface area (Å²) in [7, 11) is 1.66. The number of ether oxygens (including phenoxy) is 1. The average molecular weight is 490 g/mol. The Morgan fingerprint density at radius 3 is 2.72 bits per heavy atom. The zero-order chi connectivity index (χ0) is 25.4. The van der Waals surface area contributed by atoms with Crippen molar-refractivity contribution in [1.82, 2.24) is 14.8 Å². The second kappa shape index (κ2) is 9.17. The van der Waals surface area contributed by atoms with Crippen LogP contribution in [-0.2, 0) is 23.0 Å². The summed E-state index contributed by atoms with van der Waals surface area (Å²) in [5.41, 5.74) is 9.06. The number of nitriles is 1. The van der Waals surface area contributed by atoms with E-state index in [0.717, 1.165) is 16.7 Å². The van der Waals surface area contributed by atoms with Gasteiger partial charge in [0.15, 0.2) is 5.58 Å². The van der Waals surface area contributed by atoms with Crippen molar-refractivity contribution in [3.8, 4) is 17.2 Å². The fraction of sp³-hybridized carbons (Fsp3) is 0.385. The minimum Gasteiger partial charge on any atom is -0.408 e. The number of nitrogens with zero attached hydrogens (tertiary/aromatic N) is 3. The Kier molecular flexibility index (Phi) is 6.02. The summed E-state index contributed by atoms with van der Waals surface area (Å²) in [6.07, 6.45) is 0.962. The van der Waals surface area contributed by atoms with E-state index < -0.39 is 23.2 Å². The summed E-state index contributed by atoms with van der Waals surface area (Å²) in [4.78, 5) is 37.8. The molecule has 186 valence electrons. The Balaban J connectivity index is 1.23. The van der Waals surface area contributed by atoms with Crippen LogP contribution in [0.25, 0.3) is 22.2 Å². The summed E-state index contributed by atoms with van der Waals surface area (Å²) in [6.45, 7) is 1.59. The Hall–Kier alpha value is -4.10. The van der Waals surface area contributed by atoms with Crippen LogP contribution in [0.4, 0.5) is 4.79 Å². The predicted octanol–water partition coefficient (Wildman–Crippen LogP) is 1.77. The van der Waals surface area contributed by atoms with Crippen LogP contribution in [-0.4, -0.2) is 53.8 Å². The van der Waals surface area contributed by atoms with Crippen molar-refractivity contribution in [3.63, 3.8) is 0 Å². The lowest BCUT2D eigenvalue weighted by Gasteiger charge is -2.22. The first kappa shape index (κ1) is 23.6. The minimum atomic E-state index is -0.684. The Bertz CT molecular complexity index is 1420. The number of benzene rings is 2. The number of fused-ring (bicyclic) bond motifs is 1. The van der Waals surface area contributed by atoms with Crippen molar-refractivity contribution in [2.45, 2.75) is 18.9 Å². The summed E-state index contributed by atoms with van der Waals surface area (Å²) in [5, 5.41) is 12.5. The zero-order valence-corrected chi connectivity index (χ0v) is 19.9. The number of oxazole rings is 1. The van der Waals surface area contributed by atoms with E-state index in [9.17, 15) is 19.6 Å². The number of aromatic nitrogens is 1. The lowest BCUT2D eigenvalue weighted by atomic mass is 10.00. The van der Waals surface area contributed by atoms with Gasteiger partial charge in [0, 0.05) is 37.9 Å². The van der Waals surface area contributed by atoms with E-state index in [1.165, 1.54) is 9.47 Å². The lowest BCUT2D eigenvalue weighted by Crippen LogP contribution is -2.42. The van der Waals surface area contributed by atoms with Gasteiger partial charge in [-0.05, 0) is 35.2 Å². The normalized spacial score (nSPS) is 22.1. The molecule has 10 heteroatoms. The first-order valence-electron chi connectivity index (χ1n) is 11.8. The van der Waals surface area contributed by atoms with Crippen molar-refractivity contribution in [3.05, 3.63) is 58.6 Å². The second-order valence-corrected chi connectivity index (χ2v) is 9.63. The number of nitrogens with one attached hydrogen (secondary N) is 1. The number of nitrogens with two attached hydrogens (primary N) is 1. The van der Waals surface area contributed by atoms with Gasteiger partial charge in [-0.25, -0.2) is 9.59 Å². The molecule has 3 atom stereocenters. The molecule has 1 aliphatic heterocycles. The van der Waals surface area contributed by atoms with Crippen LogP contribution in [0.2, 0.25) is 0 Å². The van der Waals surface area contributed by atoms with Gasteiger partial charge in [0.25, 0.3) is 0 Å². The Labute approximate surface area is 207 Å². The van der Waals surface area contributed by atoms with Crippen LogP contribution in [0.5, 0.6) is 0 Å². The molecule has 3 aromatic rings. The predicted molar refractivity (Wildman–Crippen MR) is 131 cm³/mol. The molecule has 3 N–H and O–H groups in total. The van der Waals surface area contributed by atoms with Crippen molar-refractivity contribution < 1.29 is 18.7 Å². The first-order chi connectivity index (χ1) is 17.3. The summed E-state index contributed by atoms with van der Waals surface area (Å²) >= 11 is 0. The number of carbonyl (C=O) groups excluding carboxylic acids is 2. The van der Waals surface area contributed by atoms with Gasteiger partial charge in [-0.15, -0.1) is 0 Å². The molecule has 2 aliphatic rings. The highest BCUT2D eigenvalue weighted by Gasteiger charge is 2.60. The number of hydrogen-bond acceptors (Lipinski definition) is 6. The molecule has 3 amide bonds. The molecule has 1 aliphatic carbocycles. The molecule has 36 heavy (non-hydrogen) atoms. The summed E-state index contributed by atoms with van der Waals surface area (Å²) in [5.74, 6) is -0.924. The standard InChI is InChI=1S/C26H27N5O5/c1-30-21-11-18(6-7-22(21)36-25(30)34)17-4-2-16(3-5-17)10-19(13-27)29-23(32)20-12-26(20)14-31(24(28)33)8-9-35-15-26/h2-7,11,19-20H,8-10,12,14-15H2,1H3,(H2,28,33)(H,29,32)/t19?,20-,26?/m1/s1. The SMILES string of the molecule is Cn1c(=O)oc2ccc(-c3ccc(CC(C#N)NC(=O)[C@H]4CC45COCCN(C(N)=O)C5)cc3)cc21. The third-order valence-corrected chi connectivity index (χ3v) is 7.21. The summed E-state index contributed by atoms with van der Waals surface area (Å²) < 4.78 is 12.3. The van der Waals surface area contributed by atoms with Crippen LogP contribution in [0.15, 0.2) is 51.7 Å². The van der Waals surface area contributed by atoms with E-state index in [1.807, 2.05) is 36.4 Å². The van der Waals surface area contributed by atoms with Crippen LogP contribution < -0.4 is 16.8 Å². The first-order valence-corrected chi connectivity index (χ1v) is 11.8. The van der Waals surface area contributed by atoms with E-state index in [4.69, 9.17) is 14.9 Å². The van der Waals surface area contributed by atoms with Gasteiger partial charge in [-0.1, -0.05) is 30.3 Å². The van der Waals surface area contributed by atoms with Crippen LogP contribution in [0, 0.1) is 22.7 Å². The number of rotatable bonds is 5. The van der Waals surface area contributed by atoms with Crippen LogP contribution in [0.3, 0.4) is 0 Å². The fourth-order valence-electron chi connectivity index (χ4n) is 4.97. The number of urea groups is 1. The van der Waals surface area contributed by atoms with E-state index in [-0.39, 0.29) is 11.8 Å². The van der Waals surface area contributed by atoms with E-state index in [1.54, 1.807) is 13.1 Å². The molecule has 1 aromatic heterocycles. The van der Waals surface area contributed by atoms with Crippen molar-refractivity contribution in [2.75, 3.05) is 26.3 Å². The lowest BCUT2D eigenvalue weighted by molar-refractivity contribution is -0.123. The van der Waals surface area contributed by atoms with Crippen LogP contribution in [0.1, 0.15) is 12.0 Å². The van der Waals surface area contributed by atoms with Gasteiger partial charge in [0.2, 0.25) is 5.91 Å². The molecule has 5 rings (SSSR count). The van der Waals surface area contributed by atoms with Gasteiger partial charge < -0.3 is 25.1 Å². The summed E-state index contributed by atoms with van der Waals surface area (Å²) in [6, 6.07) is 14.3. The van der Waals surface area contributed by atoms with Gasteiger partial charge in [0.05, 0.1) is 24.8 Å². The van der Waals surface area contributed by atoms with Crippen LogP contribution >= 0.6 is 0 Å². The highest BCUT2D eigenvalue weighted by Crippen LogP contribution is 2.54. The van der Waals surface area contributed by atoms with Gasteiger partial charge >= 0.3 is 11.8 Å². The minimum absolute atomic E-state index is 0.202. The van der Waals surface area contributed by atoms with E-state index >= 15 is 0 Å². The molecule has 0 bridgehead atoms. The molecule has 1 saturated heterocycles. The second-order valence-electron chi connectivity index (χ2n) is 9.63. The number of carbonyl (C=O) groups is 2. The van der Waals surface area contributed by atoms with Gasteiger partial charge in [-0.2, -0.15) is 5.26 Å². The fourth-order valence-corrected chi connectivity index (χ4v) is 4.97. The number of primary amides is 1. The smallest absolute Gasteiger partial charge is 0.408 e. The van der Waals surface area contributed by atoms with Crippen molar-refractivity contribution in [2.24, 2.45) is 24.1 Å². The van der Waals surface area contributed by atoms with Gasteiger partial charge in [0.1, 0.15) is 6.04 Å². The number of amides is 3. The molecular formula is C26H27N5O5. The molecule has 2 fully saturated rings. The molecule has 10 nitrogen and oxygen atoms in total.